The molecule has 6 nitrogen and oxygen atoms in total. The normalized spacial score (nSPS) is 10.6. The lowest BCUT2D eigenvalue weighted by atomic mass is 10.0. The number of hydrogen-bond acceptors (Lipinski definition) is 6. The first-order chi connectivity index (χ1) is 14.0. The third kappa shape index (κ3) is 4.83. The second kappa shape index (κ2) is 9.38. The number of aromatic nitrogens is 2. The Balaban J connectivity index is 1.73. The molecular weight excluding hydrogens is 393 g/mol. The average molecular weight is 413 g/mol. The van der Waals surface area contributed by atoms with E-state index in [2.05, 4.69) is 20.3 Å². The molecule has 0 aliphatic heterocycles. The molecule has 3 aromatic rings. The van der Waals surface area contributed by atoms with Crippen LogP contribution < -0.4 is 5.32 Å². The highest BCUT2D eigenvalue weighted by Crippen LogP contribution is 2.27. The summed E-state index contributed by atoms with van der Waals surface area (Å²) in [6, 6.07) is 11.5. The van der Waals surface area contributed by atoms with Gasteiger partial charge in [-0.25, -0.2) is 9.18 Å². The Labute approximate surface area is 171 Å². The van der Waals surface area contributed by atoms with E-state index in [1.807, 2.05) is 6.92 Å². The Bertz CT molecular complexity index is 1020. The van der Waals surface area contributed by atoms with Gasteiger partial charge in [0.15, 0.2) is 0 Å². The summed E-state index contributed by atoms with van der Waals surface area (Å²) in [5, 5.41) is 11.4. The number of hydrogen-bond donors (Lipinski definition) is 1. The molecule has 0 unspecified atom stereocenters. The molecule has 150 valence electrons. The Morgan fingerprint density at radius 3 is 2.59 bits per heavy atom. The van der Waals surface area contributed by atoms with Gasteiger partial charge in [0.1, 0.15) is 10.8 Å². The second-order valence-electron chi connectivity index (χ2n) is 6.32. The molecule has 0 aliphatic rings. The Morgan fingerprint density at radius 1 is 1.14 bits per heavy atom. The van der Waals surface area contributed by atoms with E-state index in [0.717, 1.165) is 29.7 Å². The maximum Gasteiger partial charge on any atom is 0.337 e. The van der Waals surface area contributed by atoms with Crippen LogP contribution in [0, 0.1) is 5.82 Å². The minimum Gasteiger partial charge on any atom is -0.465 e. The number of ether oxygens (including phenoxy) is 1. The summed E-state index contributed by atoms with van der Waals surface area (Å²) in [5.74, 6) is -1.49. The van der Waals surface area contributed by atoms with Crippen LogP contribution in [-0.2, 0) is 11.2 Å². The first-order valence-electron chi connectivity index (χ1n) is 9.14. The van der Waals surface area contributed by atoms with Gasteiger partial charge < -0.3 is 4.74 Å². The van der Waals surface area contributed by atoms with Crippen LogP contribution in [-0.4, -0.2) is 29.2 Å². The molecule has 1 amide bonds. The lowest BCUT2D eigenvalue weighted by Crippen LogP contribution is -2.14. The Hall–Kier alpha value is -3.13. The molecule has 8 heteroatoms. The number of rotatable bonds is 7. The Morgan fingerprint density at radius 2 is 1.90 bits per heavy atom. The fourth-order valence-electron chi connectivity index (χ4n) is 2.74. The standard InChI is InChI=1S/C21H20FN3O3S/c1-3-4-6-13-7-5-8-16(17(13)22)18(26)23-21-25-24-19(29-21)14-9-11-15(12-10-14)20(27)28-2/h5,7-12H,3-4,6H2,1-2H3,(H,23,25,26). The van der Waals surface area contributed by atoms with Crippen molar-refractivity contribution in [1.82, 2.24) is 10.2 Å². The molecule has 2 aromatic carbocycles. The molecule has 1 aromatic heterocycles. The summed E-state index contributed by atoms with van der Waals surface area (Å²) in [6.07, 6.45) is 2.40. The lowest BCUT2D eigenvalue weighted by Gasteiger charge is -2.07. The summed E-state index contributed by atoms with van der Waals surface area (Å²) in [7, 11) is 1.32. The predicted molar refractivity (Wildman–Crippen MR) is 110 cm³/mol. The van der Waals surface area contributed by atoms with Gasteiger partial charge in [-0.1, -0.05) is 48.9 Å². The molecule has 1 heterocycles. The van der Waals surface area contributed by atoms with Crippen LogP contribution in [0.1, 0.15) is 46.0 Å². The fourth-order valence-corrected chi connectivity index (χ4v) is 3.48. The van der Waals surface area contributed by atoms with E-state index in [0.29, 0.717) is 22.6 Å². The van der Waals surface area contributed by atoms with Crippen molar-refractivity contribution in [2.24, 2.45) is 0 Å². The highest BCUT2D eigenvalue weighted by Gasteiger charge is 2.17. The summed E-state index contributed by atoms with van der Waals surface area (Å²) in [4.78, 5) is 24.0. The predicted octanol–water partition coefficient (Wildman–Crippen LogP) is 4.73. The van der Waals surface area contributed by atoms with Gasteiger partial charge in [0.2, 0.25) is 5.13 Å². The molecule has 0 aliphatic carbocycles. The SMILES string of the molecule is CCCCc1cccc(C(=O)Nc2nnc(-c3ccc(C(=O)OC)cc3)s2)c1F. The highest BCUT2D eigenvalue weighted by atomic mass is 32.1. The topological polar surface area (TPSA) is 81.2 Å². The van der Waals surface area contributed by atoms with Crippen molar-refractivity contribution in [2.75, 3.05) is 12.4 Å². The van der Waals surface area contributed by atoms with E-state index in [1.54, 1.807) is 36.4 Å². The highest BCUT2D eigenvalue weighted by molar-refractivity contribution is 7.18. The second-order valence-corrected chi connectivity index (χ2v) is 7.30. The van der Waals surface area contributed by atoms with E-state index in [4.69, 9.17) is 0 Å². The molecule has 1 N–H and O–H groups in total. The van der Waals surface area contributed by atoms with Gasteiger partial charge in [-0.15, -0.1) is 10.2 Å². The van der Waals surface area contributed by atoms with Crippen LogP contribution in [0.2, 0.25) is 0 Å². The molecule has 0 radical (unpaired) electrons. The number of nitrogens with one attached hydrogen (secondary N) is 1. The molecule has 0 bridgehead atoms. The average Bonchev–Trinajstić information content (AvgIpc) is 3.21. The van der Waals surface area contributed by atoms with Crippen molar-refractivity contribution in [3.63, 3.8) is 0 Å². The van der Waals surface area contributed by atoms with Crippen molar-refractivity contribution < 1.29 is 18.7 Å². The summed E-state index contributed by atoms with van der Waals surface area (Å²) >= 11 is 1.16. The number of carbonyl (C=O) groups is 2. The third-order valence-electron chi connectivity index (χ3n) is 4.32. The number of esters is 1. The van der Waals surface area contributed by atoms with Crippen LogP contribution in [0.3, 0.4) is 0 Å². The van der Waals surface area contributed by atoms with Gasteiger partial charge >= 0.3 is 5.97 Å². The lowest BCUT2D eigenvalue weighted by molar-refractivity contribution is 0.0600. The number of unbranched alkanes of at least 4 members (excludes halogenated alkanes) is 1. The van der Waals surface area contributed by atoms with Crippen LogP contribution in [0.4, 0.5) is 9.52 Å². The van der Waals surface area contributed by atoms with Gasteiger partial charge in [0.25, 0.3) is 5.91 Å². The maximum atomic E-state index is 14.6. The van der Waals surface area contributed by atoms with Gasteiger partial charge in [-0.3, -0.25) is 10.1 Å². The number of anilines is 1. The summed E-state index contributed by atoms with van der Waals surface area (Å²) < 4.78 is 19.3. The smallest absolute Gasteiger partial charge is 0.337 e. The van der Waals surface area contributed by atoms with Gasteiger partial charge in [0.05, 0.1) is 18.2 Å². The maximum absolute atomic E-state index is 14.6. The van der Waals surface area contributed by atoms with Crippen molar-refractivity contribution in [3.8, 4) is 10.6 Å². The monoisotopic (exact) mass is 413 g/mol. The Kier molecular flexibility index (Phi) is 6.66. The number of methoxy groups -OCH3 is 1. The summed E-state index contributed by atoms with van der Waals surface area (Å²) in [6.45, 7) is 2.03. The van der Waals surface area contributed by atoms with Gasteiger partial charge in [0, 0.05) is 5.56 Å². The number of carbonyl (C=O) groups excluding carboxylic acids is 2. The number of aryl methyl sites for hydroxylation is 1. The molecule has 0 atom stereocenters. The molecule has 0 saturated heterocycles. The number of halogens is 1. The number of benzene rings is 2. The van der Waals surface area contributed by atoms with Crippen molar-refractivity contribution in [1.29, 1.82) is 0 Å². The van der Waals surface area contributed by atoms with Crippen LogP contribution in [0.5, 0.6) is 0 Å². The minimum absolute atomic E-state index is 0.0159. The van der Waals surface area contributed by atoms with Crippen molar-refractivity contribution in [2.45, 2.75) is 26.2 Å². The first-order valence-corrected chi connectivity index (χ1v) is 9.96. The van der Waals surface area contributed by atoms with E-state index < -0.39 is 17.7 Å². The van der Waals surface area contributed by atoms with E-state index in [-0.39, 0.29) is 10.7 Å². The molecule has 0 saturated carbocycles. The van der Waals surface area contributed by atoms with Gasteiger partial charge in [-0.2, -0.15) is 0 Å². The zero-order valence-corrected chi connectivity index (χ0v) is 16.9. The van der Waals surface area contributed by atoms with E-state index >= 15 is 0 Å². The third-order valence-corrected chi connectivity index (χ3v) is 5.21. The van der Waals surface area contributed by atoms with Crippen LogP contribution in [0.25, 0.3) is 10.6 Å². The van der Waals surface area contributed by atoms with Crippen molar-refractivity contribution in [3.05, 3.63) is 65.0 Å². The minimum atomic E-state index is -0.565. The quantitative estimate of drug-likeness (QED) is 0.567. The molecule has 0 fully saturated rings. The first kappa shape index (κ1) is 20.6. The fraction of sp³-hybridized carbons (Fsp3) is 0.238. The largest absolute Gasteiger partial charge is 0.465 e. The van der Waals surface area contributed by atoms with Crippen LogP contribution >= 0.6 is 11.3 Å². The zero-order valence-electron chi connectivity index (χ0n) is 16.1. The molecule has 29 heavy (non-hydrogen) atoms. The molecular formula is C21H20FN3O3S. The molecule has 0 spiro atoms. The van der Waals surface area contributed by atoms with Gasteiger partial charge in [-0.05, 0) is 36.6 Å². The number of amides is 1. The van der Waals surface area contributed by atoms with E-state index in [1.165, 1.54) is 13.2 Å². The summed E-state index contributed by atoms with van der Waals surface area (Å²) in [5.41, 5.74) is 1.68. The van der Waals surface area contributed by atoms with Crippen LogP contribution in [0.15, 0.2) is 42.5 Å². The number of nitrogens with zero attached hydrogens (tertiary/aromatic N) is 2. The van der Waals surface area contributed by atoms with E-state index in [9.17, 15) is 14.0 Å². The molecule has 3 rings (SSSR count). The van der Waals surface area contributed by atoms with Crippen molar-refractivity contribution >= 4 is 28.3 Å². The zero-order chi connectivity index (χ0) is 20.8.